The molecule has 0 atom stereocenters. The molecule has 1 aromatic heterocycles. The lowest BCUT2D eigenvalue weighted by atomic mass is 10.2. The van der Waals surface area contributed by atoms with E-state index < -0.39 is 0 Å². The standard InChI is InChI=1S/C19H23N3O3S/c1-14-3-5-17(6-4-14)25-12-18-20-16(13-26-18)11-19(24)22-9-7-21(8-10-22)15(2)23/h3-6,13H,7-12H2,1-2H3. The van der Waals surface area contributed by atoms with Gasteiger partial charge < -0.3 is 14.5 Å². The van der Waals surface area contributed by atoms with Gasteiger partial charge in [-0.15, -0.1) is 11.3 Å². The summed E-state index contributed by atoms with van der Waals surface area (Å²) in [6, 6.07) is 7.89. The summed E-state index contributed by atoms with van der Waals surface area (Å²) < 4.78 is 5.73. The Bertz CT molecular complexity index is 765. The van der Waals surface area contributed by atoms with E-state index in [2.05, 4.69) is 4.98 Å². The van der Waals surface area contributed by atoms with Crippen molar-refractivity contribution in [2.24, 2.45) is 0 Å². The zero-order valence-electron chi connectivity index (χ0n) is 15.1. The minimum Gasteiger partial charge on any atom is -0.486 e. The summed E-state index contributed by atoms with van der Waals surface area (Å²) in [5, 5.41) is 2.77. The highest BCUT2D eigenvalue weighted by Crippen LogP contribution is 2.17. The number of hydrogen-bond donors (Lipinski definition) is 0. The van der Waals surface area contributed by atoms with Crippen molar-refractivity contribution in [3.05, 3.63) is 45.9 Å². The van der Waals surface area contributed by atoms with Crippen molar-refractivity contribution in [1.82, 2.24) is 14.8 Å². The predicted molar refractivity (Wildman–Crippen MR) is 100 cm³/mol. The lowest BCUT2D eigenvalue weighted by molar-refractivity contribution is -0.138. The number of carbonyl (C=O) groups is 2. The molecule has 0 bridgehead atoms. The summed E-state index contributed by atoms with van der Waals surface area (Å²) in [4.78, 5) is 31.9. The molecule has 6 nitrogen and oxygen atoms in total. The van der Waals surface area contributed by atoms with E-state index in [4.69, 9.17) is 4.74 Å². The Balaban J connectivity index is 1.48. The van der Waals surface area contributed by atoms with Gasteiger partial charge in [0.05, 0.1) is 12.1 Å². The number of carbonyl (C=O) groups excluding carboxylic acids is 2. The van der Waals surface area contributed by atoms with Crippen molar-refractivity contribution in [2.75, 3.05) is 26.2 Å². The number of ether oxygens (including phenoxy) is 1. The van der Waals surface area contributed by atoms with Crippen molar-refractivity contribution in [3.63, 3.8) is 0 Å². The molecule has 0 saturated carbocycles. The highest BCUT2D eigenvalue weighted by molar-refractivity contribution is 7.09. The molecule has 3 rings (SSSR count). The Morgan fingerprint density at radius 1 is 1.12 bits per heavy atom. The zero-order valence-corrected chi connectivity index (χ0v) is 15.9. The molecule has 1 aliphatic heterocycles. The van der Waals surface area contributed by atoms with Crippen LogP contribution in [0.25, 0.3) is 0 Å². The molecule has 0 unspecified atom stereocenters. The van der Waals surface area contributed by atoms with Crippen LogP contribution in [-0.2, 0) is 22.6 Å². The van der Waals surface area contributed by atoms with Gasteiger partial charge in [0.15, 0.2) is 0 Å². The van der Waals surface area contributed by atoms with Gasteiger partial charge in [-0.2, -0.15) is 0 Å². The van der Waals surface area contributed by atoms with Gasteiger partial charge in [-0.25, -0.2) is 4.98 Å². The van der Waals surface area contributed by atoms with Crippen LogP contribution in [0.4, 0.5) is 0 Å². The number of piperazine rings is 1. The van der Waals surface area contributed by atoms with Crippen molar-refractivity contribution in [1.29, 1.82) is 0 Å². The number of nitrogens with zero attached hydrogens (tertiary/aromatic N) is 3. The summed E-state index contributed by atoms with van der Waals surface area (Å²) in [5.74, 6) is 0.936. The van der Waals surface area contributed by atoms with Crippen LogP contribution in [0.5, 0.6) is 5.75 Å². The van der Waals surface area contributed by atoms with E-state index in [1.807, 2.05) is 36.6 Å². The van der Waals surface area contributed by atoms with Gasteiger partial charge in [-0.3, -0.25) is 9.59 Å². The third-order valence-electron chi connectivity index (χ3n) is 4.39. The van der Waals surface area contributed by atoms with E-state index in [-0.39, 0.29) is 11.8 Å². The molecular weight excluding hydrogens is 350 g/mol. The van der Waals surface area contributed by atoms with Gasteiger partial charge in [0.1, 0.15) is 17.4 Å². The van der Waals surface area contributed by atoms with Crippen LogP contribution in [-0.4, -0.2) is 52.8 Å². The first-order valence-corrected chi connectivity index (χ1v) is 9.55. The van der Waals surface area contributed by atoms with Crippen LogP contribution in [0.3, 0.4) is 0 Å². The van der Waals surface area contributed by atoms with E-state index in [0.717, 1.165) is 16.5 Å². The van der Waals surface area contributed by atoms with Gasteiger partial charge >= 0.3 is 0 Å². The van der Waals surface area contributed by atoms with Crippen molar-refractivity contribution in [2.45, 2.75) is 26.9 Å². The van der Waals surface area contributed by atoms with Crippen LogP contribution >= 0.6 is 11.3 Å². The SMILES string of the molecule is CC(=O)N1CCN(C(=O)Cc2csc(COc3ccc(C)cc3)n2)CC1. The maximum absolute atomic E-state index is 12.4. The smallest absolute Gasteiger partial charge is 0.228 e. The summed E-state index contributed by atoms with van der Waals surface area (Å²) in [7, 11) is 0. The summed E-state index contributed by atoms with van der Waals surface area (Å²) >= 11 is 1.51. The van der Waals surface area contributed by atoms with Crippen molar-refractivity contribution < 1.29 is 14.3 Å². The first-order chi connectivity index (χ1) is 12.5. The Labute approximate surface area is 157 Å². The molecule has 1 fully saturated rings. The maximum atomic E-state index is 12.4. The van der Waals surface area contributed by atoms with Crippen LogP contribution in [0, 0.1) is 6.92 Å². The molecule has 7 heteroatoms. The van der Waals surface area contributed by atoms with Gasteiger partial charge in [0, 0.05) is 38.5 Å². The van der Waals surface area contributed by atoms with Crippen molar-refractivity contribution >= 4 is 23.2 Å². The lowest BCUT2D eigenvalue weighted by Crippen LogP contribution is -2.50. The van der Waals surface area contributed by atoms with E-state index in [9.17, 15) is 9.59 Å². The zero-order chi connectivity index (χ0) is 18.5. The number of benzene rings is 1. The van der Waals surface area contributed by atoms with Crippen LogP contribution < -0.4 is 4.74 Å². The van der Waals surface area contributed by atoms with Crippen LogP contribution in [0.2, 0.25) is 0 Å². The summed E-state index contributed by atoms with van der Waals surface area (Å²) in [6.45, 7) is 6.39. The Morgan fingerprint density at radius 2 is 1.77 bits per heavy atom. The number of amides is 2. The number of aryl methyl sites for hydroxylation is 1. The van der Waals surface area contributed by atoms with Crippen molar-refractivity contribution in [3.8, 4) is 5.75 Å². The molecule has 0 N–H and O–H groups in total. The molecule has 2 amide bonds. The Kier molecular flexibility index (Phi) is 5.88. The van der Waals surface area contributed by atoms with Crippen LogP contribution in [0.15, 0.2) is 29.6 Å². The second-order valence-electron chi connectivity index (χ2n) is 6.40. The largest absolute Gasteiger partial charge is 0.486 e. The van der Waals surface area contributed by atoms with Gasteiger partial charge in [0.2, 0.25) is 11.8 Å². The molecule has 1 saturated heterocycles. The average molecular weight is 373 g/mol. The molecule has 2 aromatic rings. The van der Waals surface area contributed by atoms with Gasteiger partial charge in [-0.05, 0) is 19.1 Å². The lowest BCUT2D eigenvalue weighted by Gasteiger charge is -2.34. The van der Waals surface area contributed by atoms with Gasteiger partial charge in [-0.1, -0.05) is 17.7 Å². The monoisotopic (exact) mass is 373 g/mol. The first-order valence-electron chi connectivity index (χ1n) is 8.67. The van der Waals surface area contributed by atoms with E-state index in [1.165, 1.54) is 16.9 Å². The topological polar surface area (TPSA) is 62.7 Å². The molecular formula is C19H23N3O3S. The average Bonchev–Trinajstić information content (AvgIpc) is 3.08. The maximum Gasteiger partial charge on any atom is 0.228 e. The Hall–Kier alpha value is -2.41. The Morgan fingerprint density at radius 3 is 2.42 bits per heavy atom. The highest BCUT2D eigenvalue weighted by Gasteiger charge is 2.22. The third-order valence-corrected chi connectivity index (χ3v) is 5.26. The molecule has 0 radical (unpaired) electrons. The predicted octanol–water partition coefficient (Wildman–Crippen LogP) is 2.26. The second-order valence-corrected chi connectivity index (χ2v) is 7.34. The molecule has 26 heavy (non-hydrogen) atoms. The molecule has 138 valence electrons. The molecule has 0 spiro atoms. The highest BCUT2D eigenvalue weighted by atomic mass is 32.1. The molecule has 1 aromatic carbocycles. The molecule has 0 aliphatic carbocycles. The van der Waals surface area contributed by atoms with Crippen LogP contribution in [0.1, 0.15) is 23.2 Å². The summed E-state index contributed by atoms with van der Waals surface area (Å²) in [5.41, 5.74) is 1.97. The van der Waals surface area contributed by atoms with Gasteiger partial charge in [0.25, 0.3) is 0 Å². The number of aromatic nitrogens is 1. The van der Waals surface area contributed by atoms with E-state index in [1.54, 1.807) is 16.7 Å². The summed E-state index contributed by atoms with van der Waals surface area (Å²) in [6.07, 6.45) is 0.293. The third kappa shape index (κ3) is 4.82. The fraction of sp³-hybridized carbons (Fsp3) is 0.421. The second kappa shape index (κ2) is 8.31. The normalized spacial score (nSPS) is 14.4. The minimum atomic E-state index is 0.0597. The first kappa shape index (κ1) is 18.4. The molecule has 1 aliphatic rings. The minimum absolute atomic E-state index is 0.0597. The number of rotatable bonds is 5. The fourth-order valence-electron chi connectivity index (χ4n) is 2.81. The quantitative estimate of drug-likeness (QED) is 0.807. The van der Waals surface area contributed by atoms with E-state index in [0.29, 0.717) is 39.2 Å². The number of thiazole rings is 1. The fourth-order valence-corrected chi connectivity index (χ4v) is 3.52. The van der Waals surface area contributed by atoms with E-state index >= 15 is 0 Å². The molecule has 2 heterocycles. The number of hydrogen-bond acceptors (Lipinski definition) is 5.